The number of hydrogen-bond donors (Lipinski definition) is 1. The number of pyridine rings is 1. The van der Waals surface area contributed by atoms with Gasteiger partial charge in [0.25, 0.3) is 0 Å². The summed E-state index contributed by atoms with van der Waals surface area (Å²) in [5, 5.41) is 13.1. The van der Waals surface area contributed by atoms with Crippen LogP contribution in [0.4, 0.5) is 5.82 Å². The minimum absolute atomic E-state index is 0.0636. The van der Waals surface area contributed by atoms with E-state index in [-0.39, 0.29) is 16.6 Å². The van der Waals surface area contributed by atoms with E-state index in [4.69, 9.17) is 0 Å². The highest BCUT2D eigenvalue weighted by molar-refractivity contribution is 7.99. The molecule has 1 aliphatic heterocycles. The topological polar surface area (TPSA) is 108 Å². The van der Waals surface area contributed by atoms with Gasteiger partial charge in [0.15, 0.2) is 0 Å². The van der Waals surface area contributed by atoms with E-state index in [2.05, 4.69) is 16.4 Å². The predicted octanol–water partition coefficient (Wildman–Crippen LogP) is 3.88. The van der Waals surface area contributed by atoms with Gasteiger partial charge >= 0.3 is 0 Å². The summed E-state index contributed by atoms with van der Waals surface area (Å²) >= 11 is 1.20. The number of sulfonamides is 1. The number of hydrogen-bond acceptors (Lipinski definition) is 6. The fourth-order valence-electron chi connectivity index (χ4n) is 3.95. The average Bonchev–Trinajstić information content (AvgIpc) is 3.47. The number of nitrogens with one attached hydrogen (secondary N) is 1. The van der Waals surface area contributed by atoms with Crippen molar-refractivity contribution in [1.82, 2.24) is 13.9 Å². The van der Waals surface area contributed by atoms with Gasteiger partial charge in [-0.1, -0.05) is 30.0 Å². The van der Waals surface area contributed by atoms with Crippen molar-refractivity contribution >= 4 is 33.5 Å². The van der Waals surface area contributed by atoms with Crippen molar-refractivity contribution in [1.29, 1.82) is 5.26 Å². The van der Waals surface area contributed by atoms with Crippen LogP contribution in [0.5, 0.6) is 0 Å². The molecule has 0 spiro atoms. The third-order valence-electron chi connectivity index (χ3n) is 5.86. The number of amides is 1. The second-order valence-corrected chi connectivity index (χ2v) is 10.9. The van der Waals surface area contributed by atoms with Gasteiger partial charge in [-0.2, -0.15) is 9.57 Å². The van der Waals surface area contributed by atoms with Crippen LogP contribution in [0.2, 0.25) is 0 Å². The Hall–Kier alpha value is -3.13. The van der Waals surface area contributed by atoms with Crippen molar-refractivity contribution in [3.8, 4) is 11.8 Å². The average molecular weight is 496 g/mol. The van der Waals surface area contributed by atoms with Crippen molar-refractivity contribution in [2.24, 2.45) is 0 Å². The third kappa shape index (κ3) is 4.73. The molecule has 2 aromatic heterocycles. The molecule has 3 heterocycles. The SMILES string of the molecule is Cc1c(C#N)c(NC(=O)CSc2ccc(S(=O)(=O)N3CCCC3)cn2)n(-c2ccccc2)c1C. The molecule has 1 N–H and O–H groups in total. The van der Waals surface area contributed by atoms with Gasteiger partial charge in [-0.25, -0.2) is 13.4 Å². The Balaban J connectivity index is 1.47. The first-order valence-electron chi connectivity index (χ1n) is 10.9. The zero-order chi connectivity index (χ0) is 24.3. The Morgan fingerprint density at radius 3 is 2.47 bits per heavy atom. The predicted molar refractivity (Wildman–Crippen MR) is 132 cm³/mol. The Morgan fingerprint density at radius 2 is 1.85 bits per heavy atom. The Morgan fingerprint density at radius 1 is 1.15 bits per heavy atom. The minimum atomic E-state index is -3.52. The highest BCUT2D eigenvalue weighted by Gasteiger charge is 2.27. The lowest BCUT2D eigenvalue weighted by Gasteiger charge is -2.15. The van der Waals surface area contributed by atoms with Crippen LogP contribution in [0, 0.1) is 25.2 Å². The molecule has 10 heteroatoms. The van der Waals surface area contributed by atoms with Crippen LogP contribution in [0.1, 0.15) is 29.7 Å². The van der Waals surface area contributed by atoms with Crippen molar-refractivity contribution in [2.45, 2.75) is 36.6 Å². The molecule has 0 unspecified atom stereocenters. The molecule has 0 saturated carbocycles. The van der Waals surface area contributed by atoms with E-state index in [1.165, 1.54) is 28.3 Å². The second kappa shape index (κ2) is 10.0. The van der Waals surface area contributed by atoms with E-state index in [1.54, 1.807) is 6.07 Å². The van der Waals surface area contributed by atoms with Crippen LogP contribution in [0.3, 0.4) is 0 Å². The van der Waals surface area contributed by atoms with E-state index in [0.29, 0.717) is 29.5 Å². The summed E-state index contributed by atoms with van der Waals surface area (Å²) in [5.41, 5.74) is 2.96. The first-order valence-corrected chi connectivity index (χ1v) is 13.3. The Labute approximate surface area is 203 Å². The van der Waals surface area contributed by atoms with Gasteiger partial charge in [0.2, 0.25) is 15.9 Å². The van der Waals surface area contributed by atoms with Gasteiger partial charge in [-0.15, -0.1) is 0 Å². The molecular weight excluding hydrogens is 470 g/mol. The number of thioether (sulfide) groups is 1. The highest BCUT2D eigenvalue weighted by Crippen LogP contribution is 2.30. The number of carbonyl (C=O) groups excluding carboxylic acids is 1. The smallest absolute Gasteiger partial charge is 0.244 e. The molecule has 0 bridgehead atoms. The monoisotopic (exact) mass is 495 g/mol. The van der Waals surface area contributed by atoms with Crippen LogP contribution in [0.15, 0.2) is 58.6 Å². The molecule has 3 aromatic rings. The maximum absolute atomic E-state index is 12.8. The van der Waals surface area contributed by atoms with E-state index in [1.807, 2.05) is 48.7 Å². The van der Waals surface area contributed by atoms with Crippen LogP contribution in [-0.2, 0) is 14.8 Å². The molecule has 1 fully saturated rings. The van der Waals surface area contributed by atoms with Crippen molar-refractivity contribution in [2.75, 3.05) is 24.2 Å². The molecule has 1 saturated heterocycles. The van der Waals surface area contributed by atoms with Gasteiger partial charge in [0, 0.05) is 30.7 Å². The Kier molecular flexibility index (Phi) is 7.07. The minimum Gasteiger partial charge on any atom is -0.310 e. The number of carbonyl (C=O) groups is 1. The van der Waals surface area contributed by atoms with E-state index in [0.717, 1.165) is 29.8 Å². The molecule has 0 radical (unpaired) electrons. The van der Waals surface area contributed by atoms with Crippen LogP contribution in [-0.4, -0.2) is 47.0 Å². The molecule has 1 aliphatic rings. The molecule has 0 atom stereocenters. The number of aromatic nitrogens is 2. The van der Waals surface area contributed by atoms with E-state index < -0.39 is 10.0 Å². The molecule has 34 heavy (non-hydrogen) atoms. The largest absolute Gasteiger partial charge is 0.310 e. The van der Waals surface area contributed by atoms with E-state index >= 15 is 0 Å². The first-order chi connectivity index (χ1) is 16.3. The number of anilines is 1. The van der Waals surface area contributed by atoms with Gasteiger partial charge in [-0.3, -0.25) is 9.36 Å². The lowest BCUT2D eigenvalue weighted by Crippen LogP contribution is -2.27. The van der Waals surface area contributed by atoms with Gasteiger partial charge in [0.05, 0.1) is 16.3 Å². The lowest BCUT2D eigenvalue weighted by molar-refractivity contribution is -0.113. The molecule has 8 nitrogen and oxygen atoms in total. The number of rotatable bonds is 7. The third-order valence-corrected chi connectivity index (χ3v) is 8.69. The number of para-hydroxylation sites is 1. The summed E-state index contributed by atoms with van der Waals surface area (Å²) in [6.07, 6.45) is 3.08. The number of nitriles is 1. The Bertz CT molecular complexity index is 1340. The van der Waals surface area contributed by atoms with Gasteiger partial charge < -0.3 is 5.32 Å². The molecule has 1 amide bonds. The first kappa shape index (κ1) is 24.0. The molecule has 0 aliphatic carbocycles. The standard InChI is InChI=1S/C24H25N5O3S2/c1-17-18(2)29(19-8-4-3-5-9-19)24(21(17)14-25)27-22(30)16-33-23-11-10-20(15-26-23)34(31,32)28-12-6-7-13-28/h3-5,8-11,15H,6-7,12-13,16H2,1-2H3,(H,27,30). The van der Waals surface area contributed by atoms with E-state index in [9.17, 15) is 18.5 Å². The second-order valence-electron chi connectivity index (χ2n) is 8.00. The molecular formula is C24H25N5O3S2. The van der Waals surface area contributed by atoms with Gasteiger partial charge in [0.1, 0.15) is 16.8 Å². The summed E-state index contributed by atoms with van der Waals surface area (Å²) in [5.74, 6) is 0.217. The quantitative estimate of drug-likeness (QED) is 0.499. The zero-order valence-electron chi connectivity index (χ0n) is 19.0. The highest BCUT2D eigenvalue weighted by atomic mass is 32.2. The summed E-state index contributed by atoms with van der Waals surface area (Å²) in [7, 11) is -3.52. The number of nitrogens with zero attached hydrogens (tertiary/aromatic N) is 4. The van der Waals surface area contributed by atoms with Crippen molar-refractivity contribution in [3.05, 3.63) is 65.5 Å². The maximum Gasteiger partial charge on any atom is 0.244 e. The summed E-state index contributed by atoms with van der Waals surface area (Å²) in [6.45, 7) is 4.84. The van der Waals surface area contributed by atoms with Gasteiger partial charge in [-0.05, 0) is 56.5 Å². The number of benzene rings is 1. The normalized spacial score (nSPS) is 14.1. The summed E-state index contributed by atoms with van der Waals surface area (Å²) in [6, 6.07) is 14.9. The van der Waals surface area contributed by atoms with Crippen LogP contribution in [0.25, 0.3) is 5.69 Å². The maximum atomic E-state index is 12.8. The van der Waals surface area contributed by atoms with Crippen molar-refractivity contribution in [3.63, 3.8) is 0 Å². The molecule has 4 rings (SSSR count). The molecule has 1 aromatic carbocycles. The van der Waals surface area contributed by atoms with Crippen LogP contribution < -0.4 is 5.32 Å². The summed E-state index contributed by atoms with van der Waals surface area (Å²) in [4.78, 5) is 17.2. The fourth-order valence-corrected chi connectivity index (χ4v) is 6.06. The van der Waals surface area contributed by atoms with Crippen LogP contribution >= 0.6 is 11.8 Å². The fraction of sp³-hybridized carbons (Fsp3) is 0.292. The zero-order valence-corrected chi connectivity index (χ0v) is 20.6. The summed E-state index contributed by atoms with van der Waals surface area (Å²) < 4.78 is 28.6. The molecule has 176 valence electrons. The lowest BCUT2D eigenvalue weighted by atomic mass is 10.2. The van der Waals surface area contributed by atoms with Crippen molar-refractivity contribution < 1.29 is 13.2 Å².